The molecule has 0 spiro atoms. The Kier molecular flexibility index (Phi) is 5.53. The summed E-state index contributed by atoms with van der Waals surface area (Å²) in [4.78, 5) is 38.2. The topological polar surface area (TPSA) is 97.9 Å². The molecule has 0 fully saturated rings. The number of hydrogen-bond acceptors (Lipinski definition) is 4. The number of aromatic amines is 1. The molecule has 0 aromatic carbocycles. The van der Waals surface area contributed by atoms with Crippen molar-refractivity contribution in [1.29, 1.82) is 0 Å². The van der Waals surface area contributed by atoms with Crippen molar-refractivity contribution in [3.63, 3.8) is 0 Å². The summed E-state index contributed by atoms with van der Waals surface area (Å²) in [6, 6.07) is -0.0864. The number of nitrogens with two attached hydrogens (primary N) is 1. The number of ketones is 1. The number of hydrogen-bond donors (Lipinski definition) is 2. The Balaban J connectivity index is 3.10. The van der Waals surface area contributed by atoms with Crippen molar-refractivity contribution >= 4 is 11.9 Å². The molecular weight excluding hydrogens is 294 g/mol. The Bertz CT molecular complexity index is 716. The zero-order valence-electron chi connectivity index (χ0n) is 14.8. The van der Waals surface area contributed by atoms with Gasteiger partial charge in [0.1, 0.15) is 0 Å². The Morgan fingerprint density at radius 3 is 2.35 bits per heavy atom. The summed E-state index contributed by atoms with van der Waals surface area (Å²) in [7, 11) is 0. The third-order valence-electron chi connectivity index (χ3n) is 3.53. The van der Waals surface area contributed by atoms with Gasteiger partial charge in [0.15, 0.2) is 5.78 Å². The predicted octanol–water partition coefficient (Wildman–Crippen LogP) is 1.85. The van der Waals surface area contributed by atoms with Crippen LogP contribution in [0.1, 0.15) is 59.6 Å². The number of H-pyrrole nitrogens is 1. The van der Waals surface area contributed by atoms with Crippen LogP contribution in [0.3, 0.4) is 0 Å². The summed E-state index contributed by atoms with van der Waals surface area (Å²) in [5, 5.41) is 0. The van der Waals surface area contributed by atoms with Gasteiger partial charge in [0, 0.05) is 23.2 Å². The maximum absolute atomic E-state index is 12.4. The van der Waals surface area contributed by atoms with Gasteiger partial charge in [-0.05, 0) is 46.3 Å². The van der Waals surface area contributed by atoms with Crippen molar-refractivity contribution in [2.75, 3.05) is 0 Å². The van der Waals surface area contributed by atoms with E-state index in [-0.39, 0.29) is 17.4 Å². The summed E-state index contributed by atoms with van der Waals surface area (Å²) in [5.74, 6) is -0.113. The average Bonchev–Trinajstić information content (AvgIpc) is 2.33. The van der Waals surface area contributed by atoms with E-state index >= 15 is 0 Å². The molecule has 0 radical (unpaired) electrons. The van der Waals surface area contributed by atoms with Gasteiger partial charge in [-0.3, -0.25) is 19.1 Å². The number of rotatable bonds is 6. The van der Waals surface area contributed by atoms with E-state index in [2.05, 4.69) is 4.98 Å². The van der Waals surface area contributed by atoms with Crippen LogP contribution in [0.25, 0.3) is 6.08 Å². The fraction of sp³-hybridized carbons (Fsp3) is 0.588. The molecule has 0 unspecified atom stereocenters. The second-order valence-electron chi connectivity index (χ2n) is 7.59. The standard InChI is InChI=1S/C17H27N3O3/c1-11(2)20-9-12(14(22)19-15(20)23)7-8-13(21)16(3,4)10-17(5,6)18/h7-9,11H,10,18H2,1-6H3,(H,19,22,23)/b8-7+. The minimum atomic E-state index is -0.631. The summed E-state index contributed by atoms with van der Waals surface area (Å²) >= 11 is 0. The molecule has 23 heavy (non-hydrogen) atoms. The molecule has 128 valence electrons. The van der Waals surface area contributed by atoms with E-state index in [4.69, 9.17) is 5.73 Å². The van der Waals surface area contributed by atoms with Gasteiger partial charge in [-0.2, -0.15) is 0 Å². The third-order valence-corrected chi connectivity index (χ3v) is 3.53. The van der Waals surface area contributed by atoms with Crippen molar-refractivity contribution < 1.29 is 4.79 Å². The molecule has 1 rings (SSSR count). The molecule has 3 N–H and O–H groups in total. The van der Waals surface area contributed by atoms with E-state index in [9.17, 15) is 14.4 Å². The SMILES string of the molecule is CC(C)n1cc(/C=C/C(=O)C(C)(C)CC(C)(C)N)c(=O)[nH]c1=O. The number of nitrogens with one attached hydrogen (secondary N) is 1. The van der Waals surface area contributed by atoms with E-state index in [1.165, 1.54) is 22.9 Å². The lowest BCUT2D eigenvalue weighted by atomic mass is 9.77. The van der Waals surface area contributed by atoms with Gasteiger partial charge in [0.25, 0.3) is 5.56 Å². The van der Waals surface area contributed by atoms with Gasteiger partial charge in [-0.25, -0.2) is 4.79 Å². The molecule has 0 amide bonds. The van der Waals surface area contributed by atoms with Crippen LogP contribution in [-0.2, 0) is 4.79 Å². The number of allylic oxidation sites excluding steroid dienone is 1. The summed E-state index contributed by atoms with van der Waals surface area (Å²) in [6.45, 7) is 11.1. The lowest BCUT2D eigenvalue weighted by Crippen LogP contribution is -2.40. The van der Waals surface area contributed by atoms with Crippen molar-refractivity contribution in [1.82, 2.24) is 9.55 Å². The normalized spacial score (nSPS) is 13.0. The van der Waals surface area contributed by atoms with Gasteiger partial charge in [-0.15, -0.1) is 0 Å². The quantitative estimate of drug-likeness (QED) is 0.781. The lowest BCUT2D eigenvalue weighted by molar-refractivity contribution is -0.123. The van der Waals surface area contributed by atoms with E-state index < -0.39 is 22.2 Å². The zero-order valence-corrected chi connectivity index (χ0v) is 14.8. The van der Waals surface area contributed by atoms with Crippen LogP contribution in [0.15, 0.2) is 21.9 Å². The molecule has 0 saturated heterocycles. The van der Waals surface area contributed by atoms with Crippen LogP contribution < -0.4 is 17.0 Å². The molecule has 1 aromatic heterocycles. The summed E-state index contributed by atoms with van der Waals surface area (Å²) in [5.41, 5.74) is 4.20. The molecule has 0 bridgehead atoms. The first-order chi connectivity index (χ1) is 10.3. The van der Waals surface area contributed by atoms with Crippen LogP contribution >= 0.6 is 0 Å². The minimum Gasteiger partial charge on any atom is -0.326 e. The van der Waals surface area contributed by atoms with Crippen LogP contribution in [0.4, 0.5) is 0 Å². The number of carbonyl (C=O) groups excluding carboxylic acids is 1. The predicted molar refractivity (Wildman–Crippen MR) is 92.4 cm³/mol. The largest absolute Gasteiger partial charge is 0.328 e. The highest BCUT2D eigenvalue weighted by atomic mass is 16.2. The van der Waals surface area contributed by atoms with Gasteiger partial charge < -0.3 is 5.73 Å². The second kappa shape index (κ2) is 6.66. The van der Waals surface area contributed by atoms with E-state index in [0.717, 1.165) is 0 Å². The summed E-state index contributed by atoms with van der Waals surface area (Å²) < 4.78 is 1.42. The Morgan fingerprint density at radius 2 is 1.87 bits per heavy atom. The molecule has 0 aliphatic rings. The Labute approximate surface area is 136 Å². The molecule has 0 atom stereocenters. The van der Waals surface area contributed by atoms with Gasteiger partial charge in [-0.1, -0.05) is 13.8 Å². The third kappa shape index (κ3) is 5.32. The lowest BCUT2D eigenvalue weighted by Gasteiger charge is -2.30. The highest BCUT2D eigenvalue weighted by Crippen LogP contribution is 2.28. The van der Waals surface area contributed by atoms with Crippen LogP contribution in [0, 0.1) is 5.41 Å². The molecule has 0 aliphatic carbocycles. The van der Waals surface area contributed by atoms with Crippen molar-refractivity contribution in [3.8, 4) is 0 Å². The Morgan fingerprint density at radius 1 is 1.30 bits per heavy atom. The van der Waals surface area contributed by atoms with Crippen molar-refractivity contribution in [2.45, 2.75) is 59.5 Å². The fourth-order valence-electron chi connectivity index (χ4n) is 2.62. The molecular formula is C17H27N3O3. The average molecular weight is 321 g/mol. The van der Waals surface area contributed by atoms with Crippen LogP contribution in [0.2, 0.25) is 0 Å². The molecule has 1 heterocycles. The first-order valence-corrected chi connectivity index (χ1v) is 7.70. The molecule has 6 nitrogen and oxygen atoms in total. The zero-order chi connectivity index (χ0) is 18.0. The fourth-order valence-corrected chi connectivity index (χ4v) is 2.62. The maximum Gasteiger partial charge on any atom is 0.328 e. The molecule has 0 aliphatic heterocycles. The number of aromatic nitrogens is 2. The summed E-state index contributed by atoms with van der Waals surface area (Å²) in [6.07, 6.45) is 4.82. The van der Waals surface area contributed by atoms with Crippen molar-refractivity contribution in [3.05, 3.63) is 38.7 Å². The smallest absolute Gasteiger partial charge is 0.326 e. The van der Waals surface area contributed by atoms with Gasteiger partial charge in [0.2, 0.25) is 0 Å². The molecule has 1 aromatic rings. The maximum atomic E-state index is 12.4. The van der Waals surface area contributed by atoms with E-state index in [0.29, 0.717) is 6.42 Å². The van der Waals surface area contributed by atoms with Gasteiger partial charge in [0.05, 0.1) is 5.56 Å². The minimum absolute atomic E-state index is 0.0864. The number of nitrogens with zero attached hydrogens (tertiary/aromatic N) is 1. The Hall–Kier alpha value is -1.95. The molecule has 6 heteroatoms. The monoisotopic (exact) mass is 321 g/mol. The number of carbonyl (C=O) groups is 1. The molecule has 0 saturated carbocycles. The van der Waals surface area contributed by atoms with Crippen molar-refractivity contribution in [2.24, 2.45) is 11.1 Å². The van der Waals surface area contributed by atoms with Crippen LogP contribution in [0.5, 0.6) is 0 Å². The first kappa shape index (κ1) is 19.1. The highest BCUT2D eigenvalue weighted by molar-refractivity contribution is 5.97. The van der Waals surface area contributed by atoms with E-state index in [1.54, 1.807) is 0 Å². The van der Waals surface area contributed by atoms with E-state index in [1.807, 2.05) is 41.5 Å². The first-order valence-electron chi connectivity index (χ1n) is 7.70. The second-order valence-corrected chi connectivity index (χ2v) is 7.59. The highest BCUT2D eigenvalue weighted by Gasteiger charge is 2.31. The van der Waals surface area contributed by atoms with Gasteiger partial charge >= 0.3 is 5.69 Å². The van der Waals surface area contributed by atoms with Crippen LogP contribution in [-0.4, -0.2) is 20.9 Å².